The van der Waals surface area contributed by atoms with Crippen molar-refractivity contribution >= 4 is 19.4 Å². The number of halogens is 3. The summed E-state index contributed by atoms with van der Waals surface area (Å²) in [5.41, 5.74) is 0.613. The maximum absolute atomic E-state index is 13.7. The first-order valence-electron chi connectivity index (χ1n) is 8.09. The van der Waals surface area contributed by atoms with Crippen molar-refractivity contribution < 1.29 is 26.9 Å². The molecule has 0 bridgehead atoms. The summed E-state index contributed by atoms with van der Waals surface area (Å²) in [5, 5.41) is -3.52. The van der Waals surface area contributed by atoms with E-state index in [1.165, 1.54) is 13.0 Å². The van der Waals surface area contributed by atoms with Gasteiger partial charge in [-0.3, -0.25) is 13.6 Å². The molecule has 0 saturated heterocycles. The number of phosphoric ester groups is 1. The number of hydrogen-bond acceptors (Lipinski definition) is 4. The maximum Gasteiger partial charge on any atom is 0.475 e. The smallest absolute Gasteiger partial charge is 0.287 e. The van der Waals surface area contributed by atoms with E-state index in [9.17, 15) is 13.3 Å². The quantitative estimate of drug-likeness (QED) is 0.263. The summed E-state index contributed by atoms with van der Waals surface area (Å²) in [5.74, 6) is 0. The maximum atomic E-state index is 13.7. The molecule has 0 spiro atoms. The molecule has 0 amide bonds. The fourth-order valence-electron chi connectivity index (χ4n) is 2.17. The third-order valence-electron chi connectivity index (χ3n) is 3.20. The molecule has 4 nitrogen and oxygen atoms in total. The van der Waals surface area contributed by atoms with Crippen LogP contribution in [0.5, 0.6) is 0 Å². The molecule has 0 aliphatic carbocycles. The molecule has 1 aromatic carbocycles. The Morgan fingerprint density at radius 2 is 1.80 bits per heavy atom. The van der Waals surface area contributed by atoms with Gasteiger partial charge in [-0.05, 0) is 56.9 Å². The van der Waals surface area contributed by atoms with Crippen LogP contribution < -0.4 is 0 Å². The predicted octanol–water partition coefficient (Wildman–Crippen LogP) is 5.96. The monoisotopic (exact) mass is 396 g/mol. The molecule has 25 heavy (non-hydrogen) atoms. The van der Waals surface area contributed by atoms with Crippen LogP contribution in [0.2, 0.25) is 0 Å². The van der Waals surface area contributed by atoms with Gasteiger partial charge in [0.15, 0.2) is 0 Å². The van der Waals surface area contributed by atoms with Crippen molar-refractivity contribution in [3.63, 3.8) is 0 Å². The molecular formula is C17H24ClF2O4P. The van der Waals surface area contributed by atoms with Crippen molar-refractivity contribution in [2.45, 2.75) is 45.1 Å². The van der Waals surface area contributed by atoms with Crippen molar-refractivity contribution in [1.29, 1.82) is 0 Å². The van der Waals surface area contributed by atoms with Crippen LogP contribution in [0.1, 0.15) is 32.8 Å². The van der Waals surface area contributed by atoms with Gasteiger partial charge in [0.05, 0.1) is 19.3 Å². The number of benzene rings is 1. The standard InChI is InChI=1S/C17H24ClF2O4P/c1-4-22-25(21,23-5-2)24-14(3)13-16(17(18,19)20)12-11-15-9-7-6-8-10-15/h6-10,13-14H,4-5,11-12H2,1-3H3/b16-13-. The van der Waals surface area contributed by atoms with Crippen LogP contribution >= 0.6 is 19.4 Å². The zero-order valence-electron chi connectivity index (χ0n) is 14.6. The SMILES string of the molecule is CCOP(=O)(OCC)OC(C)/C=C(/CCc1ccccc1)C(F)(F)Cl. The molecule has 0 aliphatic heterocycles. The minimum Gasteiger partial charge on any atom is -0.287 e. The molecule has 8 heteroatoms. The van der Waals surface area contributed by atoms with Gasteiger partial charge in [0.1, 0.15) is 0 Å². The third kappa shape index (κ3) is 8.43. The molecule has 0 saturated carbocycles. The minimum atomic E-state index is -3.79. The number of hydrogen-bond donors (Lipinski definition) is 0. The highest BCUT2D eigenvalue weighted by molar-refractivity contribution is 7.48. The van der Waals surface area contributed by atoms with E-state index in [0.29, 0.717) is 6.42 Å². The van der Waals surface area contributed by atoms with Crippen molar-refractivity contribution in [2.75, 3.05) is 13.2 Å². The van der Waals surface area contributed by atoms with Gasteiger partial charge in [-0.15, -0.1) is 0 Å². The van der Waals surface area contributed by atoms with Crippen LogP contribution in [0.25, 0.3) is 0 Å². The lowest BCUT2D eigenvalue weighted by atomic mass is 10.0. The van der Waals surface area contributed by atoms with Crippen LogP contribution in [-0.4, -0.2) is 24.7 Å². The van der Waals surface area contributed by atoms with E-state index < -0.39 is 19.3 Å². The molecule has 0 N–H and O–H groups in total. The molecular weight excluding hydrogens is 373 g/mol. The van der Waals surface area contributed by atoms with E-state index in [1.807, 2.05) is 30.3 Å². The predicted molar refractivity (Wildman–Crippen MR) is 95.1 cm³/mol. The van der Waals surface area contributed by atoms with E-state index >= 15 is 0 Å². The van der Waals surface area contributed by atoms with Crippen LogP contribution in [0.15, 0.2) is 42.0 Å². The largest absolute Gasteiger partial charge is 0.475 e. The summed E-state index contributed by atoms with van der Waals surface area (Å²) in [7, 11) is -3.79. The van der Waals surface area contributed by atoms with Crippen LogP contribution in [0, 0.1) is 0 Å². The molecule has 0 aliphatic rings. The molecule has 0 fully saturated rings. The molecule has 1 unspecified atom stereocenters. The summed E-state index contributed by atoms with van der Waals surface area (Å²) in [6.45, 7) is 4.97. The van der Waals surface area contributed by atoms with E-state index in [4.69, 9.17) is 25.2 Å². The van der Waals surface area contributed by atoms with E-state index in [1.54, 1.807) is 13.8 Å². The lowest BCUT2D eigenvalue weighted by Crippen LogP contribution is -2.16. The Bertz CT molecular complexity index is 580. The second-order valence-corrected chi connectivity index (χ2v) is 7.36. The molecule has 1 atom stereocenters. The number of rotatable bonds is 11. The minimum absolute atomic E-state index is 0.0434. The lowest BCUT2D eigenvalue weighted by Gasteiger charge is -2.21. The molecule has 142 valence electrons. The van der Waals surface area contributed by atoms with Gasteiger partial charge in [0.25, 0.3) is 0 Å². The van der Waals surface area contributed by atoms with Crippen molar-refractivity contribution in [1.82, 2.24) is 0 Å². The summed E-state index contributed by atoms with van der Waals surface area (Å²) >= 11 is 5.21. The lowest BCUT2D eigenvalue weighted by molar-refractivity contribution is 0.102. The van der Waals surface area contributed by atoms with Gasteiger partial charge in [0, 0.05) is 5.57 Å². The zero-order valence-corrected chi connectivity index (χ0v) is 16.2. The molecule has 0 radical (unpaired) electrons. The van der Waals surface area contributed by atoms with Gasteiger partial charge in [-0.25, -0.2) is 4.57 Å². The average molecular weight is 397 g/mol. The fraction of sp³-hybridized carbons (Fsp3) is 0.529. The first kappa shape index (κ1) is 22.3. The Kier molecular flexibility index (Phi) is 9.25. The van der Waals surface area contributed by atoms with E-state index in [0.717, 1.165) is 5.56 Å². The molecule has 1 rings (SSSR count). The fourth-order valence-corrected chi connectivity index (χ4v) is 3.63. The first-order valence-corrected chi connectivity index (χ1v) is 9.93. The summed E-state index contributed by atoms with van der Waals surface area (Å²) in [6, 6.07) is 9.23. The van der Waals surface area contributed by atoms with Gasteiger partial charge in [-0.1, -0.05) is 30.3 Å². The van der Waals surface area contributed by atoms with E-state index in [-0.39, 0.29) is 25.2 Å². The number of alkyl halides is 3. The Labute approximate surface area is 152 Å². The second-order valence-electron chi connectivity index (χ2n) is 5.27. The third-order valence-corrected chi connectivity index (χ3v) is 5.18. The normalized spacial score (nSPS) is 14.6. The molecule has 0 heterocycles. The highest BCUT2D eigenvalue weighted by atomic mass is 35.5. The summed E-state index contributed by atoms with van der Waals surface area (Å²) < 4.78 is 54.9. The molecule has 0 aromatic heterocycles. The van der Waals surface area contributed by atoms with Gasteiger partial charge < -0.3 is 0 Å². The summed E-state index contributed by atoms with van der Waals surface area (Å²) in [4.78, 5) is 0. The van der Waals surface area contributed by atoms with Gasteiger partial charge in [0.2, 0.25) is 0 Å². The topological polar surface area (TPSA) is 44.8 Å². The van der Waals surface area contributed by atoms with Crippen molar-refractivity contribution in [3.8, 4) is 0 Å². The highest BCUT2D eigenvalue weighted by Crippen LogP contribution is 2.50. The van der Waals surface area contributed by atoms with Crippen LogP contribution in [0.4, 0.5) is 8.78 Å². The van der Waals surface area contributed by atoms with E-state index in [2.05, 4.69) is 0 Å². The summed E-state index contributed by atoms with van der Waals surface area (Å²) in [6.07, 6.45) is 0.693. The first-order chi connectivity index (χ1) is 11.7. The average Bonchev–Trinajstić information content (AvgIpc) is 2.51. The van der Waals surface area contributed by atoms with Gasteiger partial charge >= 0.3 is 13.2 Å². The Hall–Kier alpha value is -0.780. The Morgan fingerprint density at radius 3 is 2.28 bits per heavy atom. The number of phosphoric acid groups is 1. The van der Waals surface area contributed by atoms with Crippen molar-refractivity contribution in [3.05, 3.63) is 47.5 Å². The van der Waals surface area contributed by atoms with Crippen LogP contribution in [-0.2, 0) is 24.6 Å². The van der Waals surface area contributed by atoms with Crippen LogP contribution in [0.3, 0.4) is 0 Å². The number of allylic oxidation sites excluding steroid dienone is 1. The van der Waals surface area contributed by atoms with Crippen molar-refractivity contribution in [2.24, 2.45) is 0 Å². The highest BCUT2D eigenvalue weighted by Gasteiger charge is 2.33. The Balaban J connectivity index is 2.85. The number of aryl methyl sites for hydroxylation is 1. The molecule has 1 aromatic rings. The second kappa shape index (κ2) is 10.4. The zero-order chi connectivity index (χ0) is 18.9. The van der Waals surface area contributed by atoms with Gasteiger partial charge in [-0.2, -0.15) is 8.78 Å². The Morgan fingerprint density at radius 1 is 1.24 bits per heavy atom.